The van der Waals surface area contributed by atoms with Crippen molar-refractivity contribution in [3.8, 4) is 0 Å². The highest BCUT2D eigenvalue weighted by Crippen LogP contribution is 2.34. The van der Waals surface area contributed by atoms with E-state index in [0.717, 1.165) is 0 Å². The molecule has 0 saturated carbocycles. The summed E-state index contributed by atoms with van der Waals surface area (Å²) in [6.07, 6.45) is 4.51. The standard InChI is InChI=1S/C16H14/c1-12-6-8-14(9-7-12)16-11-10-13-4-2-3-5-15(13)16/h2-11,16H,1H3. The Kier molecular flexibility index (Phi) is 2.14. The van der Waals surface area contributed by atoms with E-state index in [9.17, 15) is 0 Å². The van der Waals surface area contributed by atoms with Crippen LogP contribution in [0, 0.1) is 6.92 Å². The van der Waals surface area contributed by atoms with E-state index in [1.54, 1.807) is 0 Å². The Labute approximate surface area is 96.3 Å². The first-order valence-electron chi connectivity index (χ1n) is 5.68. The molecule has 2 aromatic carbocycles. The SMILES string of the molecule is Cc1ccc(C2C=Cc3ccccc32)cc1. The highest BCUT2D eigenvalue weighted by molar-refractivity contribution is 5.65. The zero-order valence-electron chi connectivity index (χ0n) is 9.35. The molecule has 78 valence electrons. The lowest BCUT2D eigenvalue weighted by atomic mass is 9.93. The molecule has 0 radical (unpaired) electrons. The van der Waals surface area contributed by atoms with E-state index in [-0.39, 0.29) is 0 Å². The lowest BCUT2D eigenvalue weighted by Crippen LogP contribution is -1.95. The zero-order chi connectivity index (χ0) is 11.0. The molecule has 0 bridgehead atoms. The van der Waals surface area contributed by atoms with Gasteiger partial charge in [0, 0.05) is 5.92 Å². The second-order valence-corrected chi connectivity index (χ2v) is 4.38. The van der Waals surface area contributed by atoms with Crippen LogP contribution in [0.5, 0.6) is 0 Å². The van der Waals surface area contributed by atoms with E-state index in [2.05, 4.69) is 67.6 Å². The summed E-state index contributed by atoms with van der Waals surface area (Å²) in [5, 5.41) is 0. The number of fused-ring (bicyclic) bond motifs is 1. The fourth-order valence-electron chi connectivity index (χ4n) is 2.31. The Bertz CT molecular complexity index is 532. The fraction of sp³-hybridized carbons (Fsp3) is 0.125. The predicted octanol–water partition coefficient (Wildman–Crippen LogP) is 4.15. The van der Waals surface area contributed by atoms with Crippen LogP contribution < -0.4 is 0 Å². The van der Waals surface area contributed by atoms with Crippen molar-refractivity contribution < 1.29 is 0 Å². The van der Waals surface area contributed by atoms with Crippen LogP contribution in [0.1, 0.15) is 28.2 Å². The Morgan fingerprint density at radius 3 is 2.44 bits per heavy atom. The molecular formula is C16H14. The second-order valence-electron chi connectivity index (χ2n) is 4.38. The summed E-state index contributed by atoms with van der Waals surface area (Å²) >= 11 is 0. The summed E-state index contributed by atoms with van der Waals surface area (Å²) in [7, 11) is 0. The van der Waals surface area contributed by atoms with Gasteiger partial charge in [-0.15, -0.1) is 0 Å². The molecule has 3 rings (SSSR count). The lowest BCUT2D eigenvalue weighted by molar-refractivity contribution is 1.05. The van der Waals surface area contributed by atoms with Gasteiger partial charge in [0.1, 0.15) is 0 Å². The normalized spacial score (nSPS) is 17.4. The highest BCUT2D eigenvalue weighted by atomic mass is 14.2. The largest absolute Gasteiger partial charge is 0.0720 e. The summed E-state index contributed by atoms with van der Waals surface area (Å²) in [6.45, 7) is 2.13. The molecule has 0 N–H and O–H groups in total. The van der Waals surface area contributed by atoms with Gasteiger partial charge in [-0.2, -0.15) is 0 Å². The van der Waals surface area contributed by atoms with Gasteiger partial charge in [0.2, 0.25) is 0 Å². The van der Waals surface area contributed by atoms with Gasteiger partial charge in [0.05, 0.1) is 0 Å². The first-order chi connectivity index (χ1) is 7.84. The van der Waals surface area contributed by atoms with Gasteiger partial charge in [-0.25, -0.2) is 0 Å². The van der Waals surface area contributed by atoms with Crippen molar-refractivity contribution in [2.75, 3.05) is 0 Å². The van der Waals surface area contributed by atoms with Crippen LogP contribution in [-0.4, -0.2) is 0 Å². The van der Waals surface area contributed by atoms with Gasteiger partial charge < -0.3 is 0 Å². The van der Waals surface area contributed by atoms with Crippen LogP contribution in [0.25, 0.3) is 6.08 Å². The highest BCUT2D eigenvalue weighted by Gasteiger charge is 2.17. The van der Waals surface area contributed by atoms with Gasteiger partial charge in [0.25, 0.3) is 0 Å². The van der Waals surface area contributed by atoms with Crippen molar-refractivity contribution in [3.63, 3.8) is 0 Å². The third-order valence-corrected chi connectivity index (χ3v) is 3.24. The monoisotopic (exact) mass is 206 g/mol. The molecule has 0 nitrogen and oxygen atoms in total. The van der Waals surface area contributed by atoms with Gasteiger partial charge in [-0.3, -0.25) is 0 Å². The molecule has 1 aliphatic rings. The fourth-order valence-corrected chi connectivity index (χ4v) is 2.31. The molecule has 0 heteroatoms. The lowest BCUT2D eigenvalue weighted by Gasteiger charge is -2.11. The molecule has 0 heterocycles. The topological polar surface area (TPSA) is 0 Å². The van der Waals surface area contributed by atoms with Crippen LogP contribution >= 0.6 is 0 Å². The summed E-state index contributed by atoms with van der Waals surface area (Å²) in [6, 6.07) is 17.4. The summed E-state index contributed by atoms with van der Waals surface area (Å²) in [5.74, 6) is 0.441. The summed E-state index contributed by atoms with van der Waals surface area (Å²) in [4.78, 5) is 0. The molecule has 0 spiro atoms. The van der Waals surface area contributed by atoms with Gasteiger partial charge in [0.15, 0.2) is 0 Å². The second kappa shape index (κ2) is 3.64. The van der Waals surface area contributed by atoms with E-state index in [1.807, 2.05) is 0 Å². The molecule has 0 aliphatic heterocycles. The maximum absolute atomic E-state index is 2.29. The quantitative estimate of drug-likeness (QED) is 0.657. The van der Waals surface area contributed by atoms with Crippen molar-refractivity contribution in [2.24, 2.45) is 0 Å². The Balaban J connectivity index is 2.05. The first kappa shape index (κ1) is 9.41. The van der Waals surface area contributed by atoms with E-state index in [0.29, 0.717) is 5.92 Å². The Morgan fingerprint density at radius 2 is 1.62 bits per heavy atom. The molecule has 0 fully saturated rings. The molecule has 1 aliphatic carbocycles. The first-order valence-corrected chi connectivity index (χ1v) is 5.68. The molecule has 16 heavy (non-hydrogen) atoms. The van der Waals surface area contributed by atoms with Crippen LogP contribution in [-0.2, 0) is 0 Å². The number of hydrogen-bond donors (Lipinski definition) is 0. The van der Waals surface area contributed by atoms with Gasteiger partial charge in [-0.1, -0.05) is 66.2 Å². The number of rotatable bonds is 1. The minimum Gasteiger partial charge on any atom is -0.0720 e. The number of hydrogen-bond acceptors (Lipinski definition) is 0. The smallest absolute Gasteiger partial charge is 0.0278 e. The average Bonchev–Trinajstić information content (AvgIpc) is 2.74. The maximum atomic E-state index is 2.29. The van der Waals surface area contributed by atoms with Crippen molar-refractivity contribution >= 4 is 6.08 Å². The summed E-state index contributed by atoms with van der Waals surface area (Å²) < 4.78 is 0. The van der Waals surface area contributed by atoms with Gasteiger partial charge in [-0.05, 0) is 23.6 Å². The molecule has 1 unspecified atom stereocenters. The van der Waals surface area contributed by atoms with Crippen LogP contribution in [0.2, 0.25) is 0 Å². The zero-order valence-corrected chi connectivity index (χ0v) is 9.35. The van der Waals surface area contributed by atoms with Crippen molar-refractivity contribution in [3.05, 3.63) is 76.9 Å². The van der Waals surface area contributed by atoms with E-state index < -0.39 is 0 Å². The van der Waals surface area contributed by atoms with Gasteiger partial charge >= 0.3 is 0 Å². The Hall–Kier alpha value is -1.82. The van der Waals surface area contributed by atoms with Crippen LogP contribution in [0.15, 0.2) is 54.6 Å². The predicted molar refractivity (Wildman–Crippen MR) is 68.5 cm³/mol. The maximum Gasteiger partial charge on any atom is 0.0278 e. The number of benzene rings is 2. The number of aryl methyl sites for hydroxylation is 1. The van der Waals surface area contributed by atoms with Crippen molar-refractivity contribution in [2.45, 2.75) is 12.8 Å². The van der Waals surface area contributed by atoms with Crippen molar-refractivity contribution in [1.82, 2.24) is 0 Å². The average molecular weight is 206 g/mol. The molecule has 0 amide bonds. The molecule has 1 atom stereocenters. The third-order valence-electron chi connectivity index (χ3n) is 3.24. The minimum absolute atomic E-state index is 0.441. The van der Waals surface area contributed by atoms with E-state index in [4.69, 9.17) is 0 Å². The molecule has 0 saturated heterocycles. The Morgan fingerprint density at radius 1 is 0.875 bits per heavy atom. The van der Waals surface area contributed by atoms with Crippen molar-refractivity contribution in [1.29, 1.82) is 0 Å². The van der Waals surface area contributed by atoms with E-state index >= 15 is 0 Å². The number of allylic oxidation sites excluding steroid dienone is 1. The van der Waals surface area contributed by atoms with Crippen LogP contribution in [0.3, 0.4) is 0 Å². The third kappa shape index (κ3) is 1.47. The van der Waals surface area contributed by atoms with E-state index in [1.165, 1.54) is 22.3 Å². The minimum atomic E-state index is 0.441. The molecular weight excluding hydrogens is 192 g/mol. The van der Waals surface area contributed by atoms with Crippen LogP contribution in [0.4, 0.5) is 0 Å². The molecule has 2 aromatic rings. The molecule has 0 aromatic heterocycles. The summed E-state index contributed by atoms with van der Waals surface area (Å²) in [5.41, 5.74) is 5.48.